The Kier molecular flexibility index (Phi) is 2.99. The number of pyridine rings is 1. The van der Waals surface area contributed by atoms with Crippen LogP contribution in [0.4, 0.5) is 0 Å². The van der Waals surface area contributed by atoms with Crippen molar-refractivity contribution >= 4 is 26.7 Å². The fraction of sp³-hybridized carbons (Fsp3) is 0. The highest BCUT2D eigenvalue weighted by Crippen LogP contribution is 2.26. The second kappa shape index (κ2) is 4.78. The monoisotopic (exact) mass is 299 g/mol. The lowest BCUT2D eigenvalue weighted by molar-refractivity contribution is 0.480. The molecule has 88 valence electrons. The van der Waals surface area contributed by atoms with Crippen molar-refractivity contribution in [3.63, 3.8) is 0 Å². The second-order valence-corrected chi connectivity index (χ2v) is 4.87. The maximum atomic E-state index is 5.77. The van der Waals surface area contributed by atoms with Crippen LogP contribution >= 0.6 is 15.9 Å². The number of hydrogen-bond acceptors (Lipinski definition) is 2. The molecule has 0 amide bonds. The molecule has 0 atom stereocenters. The van der Waals surface area contributed by atoms with Gasteiger partial charge in [0.1, 0.15) is 11.5 Å². The lowest BCUT2D eigenvalue weighted by Crippen LogP contribution is -1.85. The highest BCUT2D eigenvalue weighted by Gasteiger charge is 2.00. The number of fused-ring (bicyclic) bond motifs is 1. The van der Waals surface area contributed by atoms with Crippen LogP contribution in [0, 0.1) is 0 Å². The summed E-state index contributed by atoms with van der Waals surface area (Å²) in [5.41, 5.74) is 0. The Labute approximate surface area is 113 Å². The molecule has 0 aliphatic rings. The summed E-state index contributed by atoms with van der Waals surface area (Å²) >= 11 is 3.37. The predicted octanol–water partition coefficient (Wildman–Crippen LogP) is 4.79. The van der Waals surface area contributed by atoms with Crippen LogP contribution in [0.5, 0.6) is 11.5 Å². The zero-order chi connectivity index (χ0) is 12.4. The fourth-order valence-electron chi connectivity index (χ4n) is 1.82. The number of halogens is 1. The summed E-state index contributed by atoms with van der Waals surface area (Å²) in [6.07, 6.45) is 3.42. The third-order valence-corrected chi connectivity index (χ3v) is 3.07. The topological polar surface area (TPSA) is 22.1 Å². The average Bonchev–Trinajstić information content (AvgIpc) is 2.39. The van der Waals surface area contributed by atoms with Crippen molar-refractivity contribution in [2.75, 3.05) is 0 Å². The first-order valence-electron chi connectivity index (χ1n) is 5.58. The van der Waals surface area contributed by atoms with E-state index in [1.807, 2.05) is 30.3 Å². The molecule has 1 aromatic heterocycles. The Morgan fingerprint density at radius 1 is 0.833 bits per heavy atom. The summed E-state index contributed by atoms with van der Waals surface area (Å²) in [5, 5.41) is 2.37. The molecule has 3 rings (SSSR count). The van der Waals surface area contributed by atoms with Gasteiger partial charge in [-0.15, -0.1) is 0 Å². The maximum absolute atomic E-state index is 5.77. The minimum atomic E-state index is 0.722. The number of rotatable bonds is 2. The van der Waals surface area contributed by atoms with Crippen molar-refractivity contribution in [2.45, 2.75) is 0 Å². The number of nitrogens with zero attached hydrogens (tertiary/aromatic N) is 1. The summed E-state index contributed by atoms with van der Waals surface area (Å²) < 4.78 is 6.68. The quantitative estimate of drug-likeness (QED) is 0.679. The Morgan fingerprint density at radius 3 is 2.50 bits per heavy atom. The molecule has 3 heteroatoms. The van der Waals surface area contributed by atoms with Crippen LogP contribution in [0.25, 0.3) is 10.8 Å². The Morgan fingerprint density at radius 2 is 1.67 bits per heavy atom. The molecule has 0 saturated heterocycles. The zero-order valence-corrected chi connectivity index (χ0v) is 11.1. The molecule has 0 spiro atoms. The van der Waals surface area contributed by atoms with Crippen molar-refractivity contribution in [1.29, 1.82) is 0 Å². The van der Waals surface area contributed by atoms with E-state index in [-0.39, 0.29) is 0 Å². The van der Waals surface area contributed by atoms with E-state index in [9.17, 15) is 0 Å². The minimum absolute atomic E-state index is 0.722. The van der Waals surface area contributed by atoms with Crippen LogP contribution in [0.1, 0.15) is 0 Å². The fourth-order valence-corrected chi connectivity index (χ4v) is 2.16. The van der Waals surface area contributed by atoms with E-state index in [0.717, 1.165) is 21.4 Å². The number of hydrogen-bond donors (Lipinski definition) is 0. The molecule has 2 aromatic carbocycles. The van der Waals surface area contributed by atoms with Gasteiger partial charge in [0, 0.05) is 10.7 Å². The van der Waals surface area contributed by atoms with Gasteiger partial charge in [0.15, 0.2) is 0 Å². The third kappa shape index (κ3) is 2.36. The molecule has 0 unspecified atom stereocenters. The van der Waals surface area contributed by atoms with E-state index in [1.165, 1.54) is 5.39 Å². The van der Waals surface area contributed by atoms with E-state index in [2.05, 4.69) is 39.1 Å². The molecule has 0 aliphatic carbocycles. The molecule has 0 N–H and O–H groups in total. The van der Waals surface area contributed by atoms with Crippen LogP contribution < -0.4 is 4.74 Å². The van der Waals surface area contributed by atoms with Gasteiger partial charge in [-0.05, 0) is 44.9 Å². The molecule has 18 heavy (non-hydrogen) atoms. The number of benzene rings is 2. The summed E-state index contributed by atoms with van der Waals surface area (Å²) in [5.74, 6) is 1.54. The molecule has 0 radical (unpaired) electrons. The molecule has 0 bridgehead atoms. The van der Waals surface area contributed by atoms with Crippen LogP contribution in [0.2, 0.25) is 0 Å². The van der Waals surface area contributed by atoms with E-state index < -0.39 is 0 Å². The molecule has 0 fully saturated rings. The van der Waals surface area contributed by atoms with Crippen LogP contribution in [-0.2, 0) is 0 Å². The normalized spacial score (nSPS) is 10.5. The Bertz CT molecular complexity index is 697. The van der Waals surface area contributed by atoms with Gasteiger partial charge < -0.3 is 4.74 Å². The van der Waals surface area contributed by atoms with Gasteiger partial charge in [0.25, 0.3) is 0 Å². The van der Waals surface area contributed by atoms with Crippen molar-refractivity contribution in [3.8, 4) is 11.5 Å². The molecular weight excluding hydrogens is 290 g/mol. The minimum Gasteiger partial charge on any atom is -0.456 e. The molecule has 3 aromatic rings. The van der Waals surface area contributed by atoms with E-state index in [0.29, 0.717) is 0 Å². The van der Waals surface area contributed by atoms with Crippen LogP contribution in [0.3, 0.4) is 0 Å². The second-order valence-electron chi connectivity index (χ2n) is 3.95. The van der Waals surface area contributed by atoms with Crippen molar-refractivity contribution in [1.82, 2.24) is 4.98 Å². The SMILES string of the molecule is Brc1cncc(Oc2ccc3ccccc3c2)c1. The van der Waals surface area contributed by atoms with Crippen molar-refractivity contribution < 1.29 is 4.74 Å². The van der Waals surface area contributed by atoms with E-state index in [1.54, 1.807) is 12.4 Å². The largest absolute Gasteiger partial charge is 0.456 e. The summed E-state index contributed by atoms with van der Waals surface area (Å²) in [6, 6.07) is 16.1. The summed E-state index contributed by atoms with van der Waals surface area (Å²) in [4.78, 5) is 4.07. The van der Waals surface area contributed by atoms with Gasteiger partial charge in [0.05, 0.1) is 6.20 Å². The zero-order valence-electron chi connectivity index (χ0n) is 9.51. The first-order chi connectivity index (χ1) is 8.81. The smallest absolute Gasteiger partial charge is 0.146 e. The van der Waals surface area contributed by atoms with Crippen molar-refractivity contribution in [2.24, 2.45) is 0 Å². The van der Waals surface area contributed by atoms with Crippen molar-refractivity contribution in [3.05, 3.63) is 65.4 Å². The van der Waals surface area contributed by atoms with Gasteiger partial charge in [0.2, 0.25) is 0 Å². The highest BCUT2D eigenvalue weighted by atomic mass is 79.9. The maximum Gasteiger partial charge on any atom is 0.146 e. The Balaban J connectivity index is 1.95. The molecular formula is C15H10BrNO. The number of ether oxygens (including phenoxy) is 1. The van der Waals surface area contributed by atoms with Gasteiger partial charge >= 0.3 is 0 Å². The first-order valence-corrected chi connectivity index (χ1v) is 6.38. The lowest BCUT2D eigenvalue weighted by atomic mass is 10.1. The predicted molar refractivity (Wildman–Crippen MR) is 76.0 cm³/mol. The molecule has 0 saturated carbocycles. The van der Waals surface area contributed by atoms with Gasteiger partial charge in [-0.2, -0.15) is 0 Å². The number of aromatic nitrogens is 1. The Hall–Kier alpha value is -1.87. The van der Waals surface area contributed by atoms with Gasteiger partial charge in [-0.25, -0.2) is 0 Å². The van der Waals surface area contributed by atoms with Crippen LogP contribution in [-0.4, -0.2) is 4.98 Å². The standard InChI is InChI=1S/C15H10BrNO/c16-13-8-15(10-17-9-13)18-14-6-5-11-3-1-2-4-12(11)7-14/h1-10H. The summed E-state index contributed by atoms with van der Waals surface area (Å²) in [6.45, 7) is 0. The molecule has 1 heterocycles. The first kappa shape index (κ1) is 11.2. The third-order valence-electron chi connectivity index (χ3n) is 2.64. The molecule has 0 aliphatic heterocycles. The van der Waals surface area contributed by atoms with Gasteiger partial charge in [-0.3, -0.25) is 4.98 Å². The molecule has 2 nitrogen and oxygen atoms in total. The highest BCUT2D eigenvalue weighted by molar-refractivity contribution is 9.10. The summed E-state index contributed by atoms with van der Waals surface area (Å²) in [7, 11) is 0. The average molecular weight is 300 g/mol. The van der Waals surface area contributed by atoms with E-state index in [4.69, 9.17) is 4.74 Å². The van der Waals surface area contributed by atoms with Gasteiger partial charge in [-0.1, -0.05) is 30.3 Å². The van der Waals surface area contributed by atoms with Crippen LogP contribution in [0.15, 0.2) is 65.4 Å². The van der Waals surface area contributed by atoms with E-state index >= 15 is 0 Å². The lowest BCUT2D eigenvalue weighted by Gasteiger charge is -2.06.